The number of fused-ring (bicyclic) bond motifs is 1. The van der Waals surface area contributed by atoms with Gasteiger partial charge in [0.25, 0.3) is 0 Å². The second-order valence-corrected chi connectivity index (χ2v) is 6.23. The number of carbonyl (C=O) groups excluding carboxylic acids is 1. The number of hydrogen-bond donors (Lipinski definition) is 1. The highest BCUT2D eigenvalue weighted by Gasteiger charge is 2.17. The summed E-state index contributed by atoms with van der Waals surface area (Å²) in [6, 6.07) is 7.72. The van der Waals surface area contributed by atoms with E-state index in [2.05, 4.69) is 9.97 Å². The molecule has 1 aromatic carbocycles. The van der Waals surface area contributed by atoms with E-state index in [1.54, 1.807) is 0 Å². The first-order valence-corrected chi connectivity index (χ1v) is 7.50. The van der Waals surface area contributed by atoms with Crippen molar-refractivity contribution in [3.05, 3.63) is 45.3 Å². The van der Waals surface area contributed by atoms with Crippen molar-refractivity contribution < 1.29 is 4.79 Å². The third-order valence-electron chi connectivity index (χ3n) is 3.26. The Hall–Kier alpha value is -2.54. The molecule has 2 aromatic heterocycles. The van der Waals surface area contributed by atoms with Gasteiger partial charge in [-0.2, -0.15) is 4.98 Å². The van der Waals surface area contributed by atoms with Crippen molar-refractivity contribution in [2.45, 2.75) is 20.4 Å². The lowest BCUT2D eigenvalue weighted by atomic mass is 10.1. The predicted octanol–water partition coefficient (Wildman–Crippen LogP) is 1.62. The highest BCUT2D eigenvalue weighted by Crippen LogP contribution is 2.28. The summed E-state index contributed by atoms with van der Waals surface area (Å²) >= 11 is 1.35. The lowest BCUT2D eigenvalue weighted by molar-refractivity contribution is -0.118. The minimum Gasteiger partial charge on any atom is -0.368 e. The van der Waals surface area contributed by atoms with Gasteiger partial charge in [0.2, 0.25) is 5.91 Å². The van der Waals surface area contributed by atoms with Gasteiger partial charge in [0.15, 0.2) is 0 Å². The lowest BCUT2D eigenvalue weighted by Crippen LogP contribution is -2.29. The number of aromatic nitrogens is 3. The van der Waals surface area contributed by atoms with Crippen LogP contribution in [0.1, 0.15) is 10.6 Å². The van der Waals surface area contributed by atoms with Gasteiger partial charge in [-0.25, -0.2) is 9.78 Å². The summed E-state index contributed by atoms with van der Waals surface area (Å²) in [5.74, 6) is -0.584. The Morgan fingerprint density at radius 2 is 1.91 bits per heavy atom. The van der Waals surface area contributed by atoms with E-state index in [0.717, 1.165) is 16.1 Å². The predicted molar refractivity (Wildman–Crippen MR) is 85.8 cm³/mol. The molecular weight excluding hydrogens is 300 g/mol. The van der Waals surface area contributed by atoms with E-state index in [9.17, 15) is 9.59 Å². The topological polar surface area (TPSA) is 90.9 Å². The van der Waals surface area contributed by atoms with Crippen molar-refractivity contribution in [3.63, 3.8) is 0 Å². The molecule has 2 heterocycles. The van der Waals surface area contributed by atoms with Crippen molar-refractivity contribution in [1.82, 2.24) is 14.5 Å². The number of aryl methyl sites for hydroxylation is 2. The molecule has 112 valence electrons. The molecule has 0 aliphatic carbocycles. The molecule has 0 bridgehead atoms. The average Bonchev–Trinajstić information content (AvgIpc) is 2.84. The lowest BCUT2D eigenvalue weighted by Gasteiger charge is -2.07. The third kappa shape index (κ3) is 2.50. The monoisotopic (exact) mass is 314 g/mol. The van der Waals surface area contributed by atoms with Gasteiger partial charge in [0, 0.05) is 5.56 Å². The second kappa shape index (κ2) is 5.34. The molecule has 0 atom stereocenters. The van der Waals surface area contributed by atoms with Gasteiger partial charge in [-0.15, -0.1) is 11.3 Å². The molecule has 3 aromatic rings. The van der Waals surface area contributed by atoms with Crippen LogP contribution in [0.5, 0.6) is 0 Å². The fourth-order valence-corrected chi connectivity index (χ4v) is 3.17. The number of rotatable bonds is 3. The molecule has 22 heavy (non-hydrogen) atoms. The van der Waals surface area contributed by atoms with E-state index in [1.807, 2.05) is 38.1 Å². The highest BCUT2D eigenvalue weighted by molar-refractivity contribution is 7.18. The van der Waals surface area contributed by atoms with Crippen LogP contribution >= 0.6 is 11.3 Å². The Kier molecular flexibility index (Phi) is 3.50. The summed E-state index contributed by atoms with van der Waals surface area (Å²) in [5.41, 5.74) is 7.82. The molecule has 0 aliphatic heterocycles. The van der Waals surface area contributed by atoms with Crippen LogP contribution in [0.3, 0.4) is 0 Å². The van der Waals surface area contributed by atoms with E-state index in [0.29, 0.717) is 16.0 Å². The summed E-state index contributed by atoms with van der Waals surface area (Å²) in [5, 5.41) is 0.800. The van der Waals surface area contributed by atoms with E-state index in [-0.39, 0.29) is 6.54 Å². The Morgan fingerprint density at radius 1 is 1.23 bits per heavy atom. The summed E-state index contributed by atoms with van der Waals surface area (Å²) < 4.78 is 1.28. The van der Waals surface area contributed by atoms with Gasteiger partial charge in [-0.1, -0.05) is 29.8 Å². The van der Waals surface area contributed by atoms with Crippen molar-refractivity contribution >= 4 is 27.6 Å². The maximum atomic E-state index is 12.3. The number of amides is 1. The fourth-order valence-electron chi connectivity index (χ4n) is 2.26. The number of thiazole rings is 1. The minimum atomic E-state index is -0.584. The van der Waals surface area contributed by atoms with Crippen molar-refractivity contribution in [1.29, 1.82) is 0 Å². The summed E-state index contributed by atoms with van der Waals surface area (Å²) in [6.45, 7) is 3.64. The molecule has 1 amide bonds. The van der Waals surface area contributed by atoms with Gasteiger partial charge in [-0.3, -0.25) is 9.36 Å². The number of nitrogens with two attached hydrogens (primary N) is 1. The largest absolute Gasteiger partial charge is 0.368 e. The summed E-state index contributed by atoms with van der Waals surface area (Å²) in [7, 11) is 0. The van der Waals surface area contributed by atoms with Gasteiger partial charge in [-0.05, 0) is 13.8 Å². The van der Waals surface area contributed by atoms with Crippen LogP contribution in [0.25, 0.3) is 21.6 Å². The first-order chi connectivity index (χ1) is 10.5. The smallest absolute Gasteiger partial charge is 0.349 e. The van der Waals surface area contributed by atoms with E-state index in [1.165, 1.54) is 15.9 Å². The van der Waals surface area contributed by atoms with Gasteiger partial charge in [0.1, 0.15) is 22.6 Å². The van der Waals surface area contributed by atoms with Crippen LogP contribution in [0.4, 0.5) is 0 Å². The zero-order valence-corrected chi connectivity index (χ0v) is 13.0. The Bertz CT molecular complexity index is 925. The van der Waals surface area contributed by atoms with Crippen LogP contribution < -0.4 is 11.4 Å². The van der Waals surface area contributed by atoms with Crippen LogP contribution in [0, 0.1) is 13.8 Å². The van der Waals surface area contributed by atoms with Crippen LogP contribution in [0.15, 0.2) is 29.1 Å². The second-order valence-electron chi connectivity index (χ2n) is 5.05. The fraction of sp³-hybridized carbons (Fsp3) is 0.200. The summed E-state index contributed by atoms with van der Waals surface area (Å²) in [4.78, 5) is 32.6. The van der Waals surface area contributed by atoms with E-state index < -0.39 is 11.6 Å². The quantitative estimate of drug-likeness (QED) is 0.795. The zero-order valence-electron chi connectivity index (χ0n) is 12.2. The van der Waals surface area contributed by atoms with Crippen molar-refractivity contribution in [2.75, 3.05) is 0 Å². The maximum absolute atomic E-state index is 12.3. The molecule has 6 nitrogen and oxygen atoms in total. The molecule has 3 rings (SSSR count). The number of carbonyl (C=O) groups is 1. The number of benzene rings is 1. The molecule has 0 radical (unpaired) electrons. The molecule has 0 unspecified atom stereocenters. The Labute approximate surface area is 130 Å². The molecule has 0 aliphatic rings. The van der Waals surface area contributed by atoms with Crippen molar-refractivity contribution in [2.24, 2.45) is 5.73 Å². The molecular formula is C15H14N4O2S. The SMILES string of the molecule is Cc1ccc(-c2nc(=O)n(CC(N)=O)c3sc(C)nc23)cc1. The summed E-state index contributed by atoms with van der Waals surface area (Å²) in [6.07, 6.45) is 0. The number of hydrogen-bond acceptors (Lipinski definition) is 5. The van der Waals surface area contributed by atoms with Crippen molar-refractivity contribution in [3.8, 4) is 11.3 Å². The highest BCUT2D eigenvalue weighted by atomic mass is 32.1. The van der Waals surface area contributed by atoms with Crippen LogP contribution in [0.2, 0.25) is 0 Å². The Morgan fingerprint density at radius 3 is 2.55 bits per heavy atom. The maximum Gasteiger partial charge on any atom is 0.349 e. The number of primary amides is 1. The third-order valence-corrected chi connectivity index (χ3v) is 4.26. The van der Waals surface area contributed by atoms with Gasteiger partial charge in [0.05, 0.1) is 5.01 Å². The van der Waals surface area contributed by atoms with E-state index >= 15 is 0 Å². The molecule has 2 N–H and O–H groups in total. The number of nitrogens with zero attached hydrogens (tertiary/aromatic N) is 3. The Balaban J connectivity index is 2.31. The van der Waals surface area contributed by atoms with E-state index in [4.69, 9.17) is 5.73 Å². The molecule has 0 saturated heterocycles. The first kappa shape index (κ1) is 14.4. The minimum absolute atomic E-state index is 0.196. The van der Waals surface area contributed by atoms with Crippen LogP contribution in [-0.2, 0) is 11.3 Å². The van der Waals surface area contributed by atoms with Crippen LogP contribution in [-0.4, -0.2) is 20.4 Å². The average molecular weight is 314 g/mol. The standard InChI is InChI=1S/C15H14N4O2S/c1-8-3-5-10(6-4-8)12-13-14(22-9(2)17-13)19(7-11(16)20)15(21)18-12/h3-6H,7H2,1-2H3,(H2,16,20). The molecule has 0 spiro atoms. The first-order valence-electron chi connectivity index (χ1n) is 6.69. The molecule has 0 fully saturated rings. The van der Waals surface area contributed by atoms with Gasteiger partial charge < -0.3 is 5.73 Å². The van der Waals surface area contributed by atoms with Gasteiger partial charge >= 0.3 is 5.69 Å². The zero-order chi connectivity index (χ0) is 15.9. The normalized spacial score (nSPS) is 11.0. The molecule has 7 heteroatoms. The molecule has 0 saturated carbocycles.